The second-order valence-corrected chi connectivity index (χ2v) is 6.69. The summed E-state index contributed by atoms with van der Waals surface area (Å²) in [6.07, 6.45) is 4.30. The first-order chi connectivity index (χ1) is 11.0. The van der Waals surface area contributed by atoms with E-state index in [1.807, 2.05) is 17.7 Å². The molecular formula is C17H24N4O2. The molecule has 2 atom stereocenters. The Morgan fingerprint density at radius 3 is 2.91 bits per heavy atom. The van der Waals surface area contributed by atoms with Gasteiger partial charge in [-0.2, -0.15) is 5.10 Å². The topological polar surface area (TPSA) is 80.0 Å². The first kappa shape index (κ1) is 15.9. The lowest BCUT2D eigenvalue weighted by molar-refractivity contribution is 0.0916. The van der Waals surface area contributed by atoms with E-state index in [4.69, 9.17) is 0 Å². The van der Waals surface area contributed by atoms with Gasteiger partial charge in [0.15, 0.2) is 5.65 Å². The van der Waals surface area contributed by atoms with Gasteiger partial charge in [0, 0.05) is 23.9 Å². The van der Waals surface area contributed by atoms with Crippen molar-refractivity contribution in [2.24, 2.45) is 5.92 Å². The van der Waals surface area contributed by atoms with Crippen LogP contribution in [0.25, 0.3) is 11.0 Å². The summed E-state index contributed by atoms with van der Waals surface area (Å²) >= 11 is 0. The van der Waals surface area contributed by atoms with Gasteiger partial charge < -0.3 is 10.4 Å². The average Bonchev–Trinajstić information content (AvgIpc) is 3.09. The monoisotopic (exact) mass is 316 g/mol. The lowest BCUT2D eigenvalue weighted by Crippen LogP contribution is -2.32. The number of aliphatic hydroxyl groups is 1. The Balaban J connectivity index is 1.79. The van der Waals surface area contributed by atoms with Gasteiger partial charge in [0.25, 0.3) is 5.91 Å². The van der Waals surface area contributed by atoms with Gasteiger partial charge >= 0.3 is 0 Å². The van der Waals surface area contributed by atoms with Crippen molar-refractivity contribution in [3.8, 4) is 0 Å². The molecule has 1 saturated carbocycles. The number of hydrogen-bond donors (Lipinski definition) is 2. The molecule has 0 saturated heterocycles. The first-order valence-corrected chi connectivity index (χ1v) is 8.28. The number of aryl methyl sites for hydroxylation is 1. The highest BCUT2D eigenvalue weighted by Crippen LogP contribution is 2.25. The van der Waals surface area contributed by atoms with E-state index < -0.39 is 0 Å². The number of aromatic nitrogens is 3. The summed E-state index contributed by atoms with van der Waals surface area (Å²) in [6.45, 7) is 6.47. The third-order valence-electron chi connectivity index (χ3n) is 4.64. The molecule has 2 unspecified atom stereocenters. The van der Waals surface area contributed by atoms with Gasteiger partial charge in [-0.25, -0.2) is 9.67 Å². The summed E-state index contributed by atoms with van der Waals surface area (Å²) in [5, 5.41) is 18.0. The van der Waals surface area contributed by atoms with Crippen molar-refractivity contribution in [3.05, 3.63) is 23.5 Å². The van der Waals surface area contributed by atoms with Crippen molar-refractivity contribution < 1.29 is 9.90 Å². The van der Waals surface area contributed by atoms with Gasteiger partial charge in [-0.05, 0) is 39.7 Å². The van der Waals surface area contributed by atoms with Gasteiger partial charge in [0.2, 0.25) is 0 Å². The van der Waals surface area contributed by atoms with E-state index in [-0.39, 0.29) is 24.0 Å². The maximum absolute atomic E-state index is 12.5. The number of hydrogen-bond acceptors (Lipinski definition) is 4. The fourth-order valence-corrected chi connectivity index (χ4v) is 3.25. The lowest BCUT2D eigenvalue weighted by Gasteiger charge is -2.15. The van der Waals surface area contributed by atoms with Crippen LogP contribution in [0.2, 0.25) is 0 Å². The SMILES string of the molecule is Cc1nc2c(cnn2C(C)C)cc1C(=O)NCC1CCCC1O. The Morgan fingerprint density at radius 1 is 1.48 bits per heavy atom. The van der Waals surface area contributed by atoms with E-state index in [0.29, 0.717) is 17.8 Å². The summed E-state index contributed by atoms with van der Waals surface area (Å²) in [4.78, 5) is 17.0. The molecule has 2 heterocycles. The third-order valence-corrected chi connectivity index (χ3v) is 4.64. The molecule has 1 aliphatic carbocycles. The predicted molar refractivity (Wildman–Crippen MR) is 88.3 cm³/mol. The van der Waals surface area contributed by atoms with Crippen LogP contribution in [0.15, 0.2) is 12.3 Å². The molecule has 3 rings (SSSR count). The quantitative estimate of drug-likeness (QED) is 0.906. The molecule has 0 radical (unpaired) electrons. The number of pyridine rings is 1. The Hall–Kier alpha value is -1.95. The fourth-order valence-electron chi connectivity index (χ4n) is 3.25. The van der Waals surface area contributed by atoms with Gasteiger partial charge in [-0.15, -0.1) is 0 Å². The molecule has 0 aliphatic heterocycles. The number of fused-ring (bicyclic) bond motifs is 1. The summed E-state index contributed by atoms with van der Waals surface area (Å²) in [5.74, 6) is 0.0351. The van der Waals surface area contributed by atoms with E-state index in [2.05, 4.69) is 29.2 Å². The standard InChI is InChI=1S/C17H24N4O2/c1-10(2)21-16-13(9-19-21)7-14(11(3)20-16)17(23)18-8-12-5-4-6-15(12)22/h7,9-10,12,15,22H,4-6,8H2,1-3H3,(H,18,23). The van der Waals surface area contributed by atoms with Gasteiger partial charge in [-0.1, -0.05) is 6.42 Å². The maximum Gasteiger partial charge on any atom is 0.253 e. The number of carbonyl (C=O) groups is 1. The van der Waals surface area contributed by atoms with Crippen molar-refractivity contribution in [1.29, 1.82) is 0 Å². The van der Waals surface area contributed by atoms with Crippen molar-refractivity contribution in [1.82, 2.24) is 20.1 Å². The normalized spacial score (nSPS) is 21.3. The number of nitrogens with zero attached hydrogens (tertiary/aromatic N) is 3. The van der Waals surface area contributed by atoms with Crippen molar-refractivity contribution in [2.45, 2.75) is 52.2 Å². The van der Waals surface area contributed by atoms with Crippen molar-refractivity contribution in [2.75, 3.05) is 6.54 Å². The molecule has 0 spiro atoms. The zero-order valence-corrected chi connectivity index (χ0v) is 13.9. The molecule has 23 heavy (non-hydrogen) atoms. The second-order valence-electron chi connectivity index (χ2n) is 6.69. The van der Waals surface area contributed by atoms with Gasteiger partial charge in [-0.3, -0.25) is 4.79 Å². The molecule has 0 aromatic carbocycles. The predicted octanol–water partition coefficient (Wildman–Crippen LogP) is 2.21. The number of carbonyl (C=O) groups excluding carboxylic acids is 1. The highest BCUT2D eigenvalue weighted by atomic mass is 16.3. The lowest BCUT2D eigenvalue weighted by atomic mass is 10.1. The van der Waals surface area contributed by atoms with Crippen LogP contribution in [-0.2, 0) is 0 Å². The zero-order valence-electron chi connectivity index (χ0n) is 13.9. The molecule has 2 aromatic rings. The van der Waals surface area contributed by atoms with Crippen molar-refractivity contribution >= 4 is 16.9 Å². The molecule has 0 bridgehead atoms. The van der Waals surface area contributed by atoms with Crippen LogP contribution < -0.4 is 5.32 Å². The Bertz CT molecular complexity index is 723. The minimum Gasteiger partial charge on any atom is -0.393 e. The van der Waals surface area contributed by atoms with E-state index in [1.54, 1.807) is 6.20 Å². The summed E-state index contributed by atoms with van der Waals surface area (Å²) in [5.41, 5.74) is 2.08. The molecule has 1 aliphatic rings. The molecule has 2 aromatic heterocycles. The smallest absolute Gasteiger partial charge is 0.253 e. The van der Waals surface area contributed by atoms with E-state index >= 15 is 0 Å². The number of nitrogens with one attached hydrogen (secondary N) is 1. The van der Waals surface area contributed by atoms with Gasteiger partial charge in [0.05, 0.1) is 23.6 Å². The van der Waals surface area contributed by atoms with Crippen LogP contribution in [-0.4, -0.2) is 38.4 Å². The van der Waals surface area contributed by atoms with Crippen LogP contribution in [0.3, 0.4) is 0 Å². The van der Waals surface area contributed by atoms with Crippen LogP contribution in [0.4, 0.5) is 0 Å². The Morgan fingerprint density at radius 2 is 2.26 bits per heavy atom. The molecule has 1 fully saturated rings. The minimum absolute atomic E-state index is 0.131. The fraction of sp³-hybridized carbons (Fsp3) is 0.588. The molecule has 2 N–H and O–H groups in total. The van der Waals surface area contributed by atoms with E-state index in [9.17, 15) is 9.90 Å². The van der Waals surface area contributed by atoms with Crippen LogP contribution in [0.5, 0.6) is 0 Å². The molecular weight excluding hydrogens is 292 g/mol. The molecule has 6 nitrogen and oxygen atoms in total. The van der Waals surface area contributed by atoms with Crippen LogP contribution in [0, 0.1) is 12.8 Å². The van der Waals surface area contributed by atoms with E-state index in [1.165, 1.54) is 0 Å². The number of aliphatic hydroxyl groups excluding tert-OH is 1. The van der Waals surface area contributed by atoms with Gasteiger partial charge in [0.1, 0.15) is 0 Å². The van der Waals surface area contributed by atoms with Crippen LogP contribution >= 0.6 is 0 Å². The van der Waals surface area contributed by atoms with Crippen molar-refractivity contribution in [3.63, 3.8) is 0 Å². The van der Waals surface area contributed by atoms with E-state index in [0.717, 1.165) is 30.3 Å². The summed E-state index contributed by atoms with van der Waals surface area (Å²) in [7, 11) is 0. The van der Waals surface area contributed by atoms with Crippen LogP contribution in [0.1, 0.15) is 55.2 Å². The maximum atomic E-state index is 12.5. The average molecular weight is 316 g/mol. The highest BCUT2D eigenvalue weighted by Gasteiger charge is 2.26. The highest BCUT2D eigenvalue weighted by molar-refractivity contribution is 5.98. The Labute approximate surface area is 135 Å². The first-order valence-electron chi connectivity index (χ1n) is 8.28. The molecule has 124 valence electrons. The number of amides is 1. The Kier molecular flexibility index (Phi) is 4.35. The minimum atomic E-state index is -0.290. The largest absolute Gasteiger partial charge is 0.393 e. The molecule has 6 heteroatoms. The summed E-state index contributed by atoms with van der Waals surface area (Å²) in [6, 6.07) is 2.08. The molecule has 1 amide bonds. The second kappa shape index (κ2) is 6.28. The summed E-state index contributed by atoms with van der Waals surface area (Å²) < 4.78 is 1.86. The number of rotatable bonds is 4. The third kappa shape index (κ3) is 3.08. The zero-order chi connectivity index (χ0) is 16.6.